The van der Waals surface area contributed by atoms with Crippen molar-refractivity contribution in [3.8, 4) is 11.3 Å². The predicted molar refractivity (Wildman–Crippen MR) is 89.8 cm³/mol. The summed E-state index contributed by atoms with van der Waals surface area (Å²) in [7, 11) is 0. The normalized spacial score (nSPS) is 11.0. The van der Waals surface area contributed by atoms with E-state index in [0.29, 0.717) is 10.8 Å². The molecule has 7 nitrogen and oxygen atoms in total. The fourth-order valence-corrected chi connectivity index (χ4v) is 2.97. The molecule has 8 heteroatoms. The summed E-state index contributed by atoms with van der Waals surface area (Å²) in [6.45, 7) is 0. The van der Waals surface area contributed by atoms with E-state index in [0.717, 1.165) is 11.3 Å². The number of hydrogen-bond donors (Lipinski definition) is 0. The average Bonchev–Trinajstić information content (AvgIpc) is 3.30. The Kier molecular flexibility index (Phi) is 3.80. The number of carbonyl (C=O) groups excluding carboxylic acids is 1. The average molecular weight is 336 g/mol. The van der Waals surface area contributed by atoms with Gasteiger partial charge in [-0.3, -0.25) is 4.79 Å². The van der Waals surface area contributed by atoms with Crippen LogP contribution in [0.3, 0.4) is 0 Å². The minimum Gasteiger partial charge on any atom is -0.272 e. The number of carbonyl (C=O) groups is 1. The van der Waals surface area contributed by atoms with Crippen LogP contribution in [0.15, 0.2) is 66.1 Å². The molecule has 0 aliphatic carbocycles. The van der Waals surface area contributed by atoms with Crippen LogP contribution in [0, 0.1) is 0 Å². The van der Waals surface area contributed by atoms with Gasteiger partial charge in [0.05, 0.1) is 11.4 Å². The Labute approximate surface area is 141 Å². The zero-order chi connectivity index (χ0) is 16.4. The molecule has 0 saturated carbocycles. The molecule has 0 N–H and O–H groups in total. The summed E-state index contributed by atoms with van der Waals surface area (Å²) in [5.74, 6) is 0.0839. The molecule has 0 atom stereocenters. The highest BCUT2D eigenvalue weighted by Crippen LogP contribution is 2.20. The maximum Gasteiger partial charge on any atom is 0.257 e. The molecule has 0 amide bonds. The molecule has 0 aliphatic rings. The minimum absolute atomic E-state index is 0.124. The second kappa shape index (κ2) is 6.25. The Morgan fingerprint density at radius 3 is 2.71 bits per heavy atom. The molecule has 0 spiro atoms. The second-order valence-electron chi connectivity index (χ2n) is 4.97. The van der Waals surface area contributed by atoms with Crippen LogP contribution in [0.25, 0.3) is 16.9 Å². The number of benzene rings is 1. The van der Waals surface area contributed by atoms with E-state index >= 15 is 0 Å². The fraction of sp³-hybridized carbons (Fsp3) is 0.0625. The first-order valence-electron chi connectivity index (χ1n) is 7.25. The smallest absolute Gasteiger partial charge is 0.257 e. The van der Waals surface area contributed by atoms with Gasteiger partial charge in [0, 0.05) is 18.0 Å². The van der Waals surface area contributed by atoms with Crippen LogP contribution >= 0.6 is 11.8 Å². The van der Waals surface area contributed by atoms with Crippen molar-refractivity contribution >= 4 is 23.3 Å². The van der Waals surface area contributed by atoms with Crippen LogP contribution in [0.1, 0.15) is 4.79 Å². The lowest BCUT2D eigenvalue weighted by atomic mass is 10.1. The van der Waals surface area contributed by atoms with Crippen molar-refractivity contribution in [1.82, 2.24) is 29.6 Å². The van der Waals surface area contributed by atoms with E-state index < -0.39 is 0 Å². The lowest BCUT2D eigenvalue weighted by Gasteiger charge is -2.03. The zero-order valence-electron chi connectivity index (χ0n) is 12.5. The van der Waals surface area contributed by atoms with Gasteiger partial charge in [-0.15, -0.1) is 10.2 Å². The Balaban J connectivity index is 1.60. The van der Waals surface area contributed by atoms with Gasteiger partial charge in [-0.05, 0) is 18.2 Å². The standard InChI is InChI=1S/C16H12N6OS/c23-15(21-10-4-9-17-21)11-24-16-19-18-14-8-7-13(20-22(14)16)12-5-2-1-3-6-12/h1-10H,11H2. The van der Waals surface area contributed by atoms with Crippen LogP contribution in [0.5, 0.6) is 0 Å². The molecule has 0 unspecified atom stereocenters. The van der Waals surface area contributed by atoms with E-state index in [1.54, 1.807) is 23.0 Å². The van der Waals surface area contributed by atoms with E-state index in [4.69, 9.17) is 0 Å². The van der Waals surface area contributed by atoms with Crippen LogP contribution < -0.4 is 0 Å². The van der Waals surface area contributed by atoms with Gasteiger partial charge in [-0.1, -0.05) is 42.1 Å². The predicted octanol–water partition coefficient (Wildman–Crippen LogP) is 2.42. The number of aromatic nitrogens is 6. The molecule has 4 aromatic rings. The lowest BCUT2D eigenvalue weighted by Crippen LogP contribution is -2.13. The van der Waals surface area contributed by atoms with Crippen molar-refractivity contribution in [3.63, 3.8) is 0 Å². The first kappa shape index (κ1) is 14.6. The van der Waals surface area contributed by atoms with Gasteiger partial charge < -0.3 is 0 Å². The number of thioether (sulfide) groups is 1. The number of nitrogens with zero attached hydrogens (tertiary/aromatic N) is 6. The fourth-order valence-electron chi connectivity index (χ4n) is 2.23. The molecule has 0 bridgehead atoms. The number of fused-ring (bicyclic) bond motifs is 1. The SMILES string of the molecule is O=C(CSc1nnc2ccc(-c3ccccc3)nn12)n1cccn1. The zero-order valence-corrected chi connectivity index (χ0v) is 13.3. The number of rotatable bonds is 4. The molecule has 0 aliphatic heterocycles. The summed E-state index contributed by atoms with van der Waals surface area (Å²) in [5, 5.41) is 17.3. The molecule has 24 heavy (non-hydrogen) atoms. The molecule has 4 rings (SSSR count). The van der Waals surface area contributed by atoms with E-state index in [9.17, 15) is 4.79 Å². The minimum atomic E-state index is -0.124. The largest absolute Gasteiger partial charge is 0.272 e. The second-order valence-corrected chi connectivity index (χ2v) is 5.91. The van der Waals surface area contributed by atoms with Crippen LogP contribution in [0.2, 0.25) is 0 Å². The summed E-state index contributed by atoms with van der Waals surface area (Å²) in [5.41, 5.74) is 2.48. The highest BCUT2D eigenvalue weighted by atomic mass is 32.2. The van der Waals surface area contributed by atoms with Gasteiger partial charge in [0.2, 0.25) is 5.16 Å². The maximum atomic E-state index is 12.0. The molecular weight excluding hydrogens is 324 g/mol. The van der Waals surface area contributed by atoms with Gasteiger partial charge in [-0.2, -0.15) is 14.7 Å². The molecule has 0 saturated heterocycles. The van der Waals surface area contributed by atoms with Gasteiger partial charge in [0.25, 0.3) is 5.91 Å². The van der Waals surface area contributed by atoms with Gasteiger partial charge in [0.1, 0.15) is 0 Å². The van der Waals surface area contributed by atoms with Crippen molar-refractivity contribution in [2.24, 2.45) is 0 Å². The van der Waals surface area contributed by atoms with Gasteiger partial charge >= 0.3 is 0 Å². The Bertz CT molecular complexity index is 980. The van der Waals surface area contributed by atoms with Crippen molar-refractivity contribution in [2.75, 3.05) is 5.75 Å². The monoisotopic (exact) mass is 336 g/mol. The van der Waals surface area contributed by atoms with Crippen molar-refractivity contribution in [2.45, 2.75) is 5.16 Å². The van der Waals surface area contributed by atoms with Crippen LogP contribution in [0.4, 0.5) is 0 Å². The third kappa shape index (κ3) is 2.79. The van der Waals surface area contributed by atoms with E-state index in [1.165, 1.54) is 16.4 Å². The molecule has 0 radical (unpaired) electrons. The van der Waals surface area contributed by atoms with Crippen molar-refractivity contribution < 1.29 is 4.79 Å². The molecular formula is C16H12N6OS. The summed E-state index contributed by atoms with van der Waals surface area (Å²) < 4.78 is 2.96. The lowest BCUT2D eigenvalue weighted by molar-refractivity contribution is 0.0926. The Morgan fingerprint density at radius 2 is 1.92 bits per heavy atom. The highest BCUT2D eigenvalue weighted by Gasteiger charge is 2.12. The third-order valence-electron chi connectivity index (χ3n) is 3.39. The number of hydrogen-bond acceptors (Lipinski definition) is 6. The van der Waals surface area contributed by atoms with Gasteiger partial charge in [-0.25, -0.2) is 4.68 Å². The summed E-state index contributed by atoms with van der Waals surface area (Å²) in [6.07, 6.45) is 3.19. The summed E-state index contributed by atoms with van der Waals surface area (Å²) >= 11 is 1.28. The maximum absolute atomic E-state index is 12.0. The van der Waals surface area contributed by atoms with Crippen LogP contribution in [-0.2, 0) is 0 Å². The Hall–Kier alpha value is -3.00. The van der Waals surface area contributed by atoms with E-state index in [-0.39, 0.29) is 11.7 Å². The molecule has 1 aromatic carbocycles. The first-order valence-corrected chi connectivity index (χ1v) is 8.23. The van der Waals surface area contributed by atoms with E-state index in [2.05, 4.69) is 20.4 Å². The summed E-state index contributed by atoms with van der Waals surface area (Å²) in [4.78, 5) is 12.0. The van der Waals surface area contributed by atoms with Crippen molar-refractivity contribution in [3.05, 3.63) is 60.9 Å². The topological polar surface area (TPSA) is 78.0 Å². The Morgan fingerprint density at radius 1 is 1.04 bits per heavy atom. The molecule has 0 fully saturated rings. The molecule has 3 aromatic heterocycles. The highest BCUT2D eigenvalue weighted by molar-refractivity contribution is 7.99. The van der Waals surface area contributed by atoms with Gasteiger partial charge in [0.15, 0.2) is 5.65 Å². The molecule has 118 valence electrons. The first-order chi connectivity index (χ1) is 11.8. The quantitative estimate of drug-likeness (QED) is 0.533. The van der Waals surface area contributed by atoms with Crippen molar-refractivity contribution in [1.29, 1.82) is 0 Å². The molecule has 3 heterocycles. The summed E-state index contributed by atoms with van der Waals surface area (Å²) in [6, 6.07) is 15.4. The van der Waals surface area contributed by atoms with Crippen LogP contribution in [-0.4, -0.2) is 41.3 Å². The van der Waals surface area contributed by atoms with E-state index in [1.807, 2.05) is 42.5 Å². The third-order valence-corrected chi connectivity index (χ3v) is 4.29.